The van der Waals surface area contributed by atoms with Gasteiger partial charge < -0.3 is 28.4 Å². The molecule has 0 saturated carbocycles. The van der Waals surface area contributed by atoms with Crippen LogP contribution in [0.1, 0.15) is 76.3 Å². The van der Waals surface area contributed by atoms with Gasteiger partial charge in [0.25, 0.3) is 0 Å². The van der Waals surface area contributed by atoms with E-state index in [1.165, 1.54) is 25.7 Å². The molecule has 2 fully saturated rings. The van der Waals surface area contributed by atoms with Crippen molar-refractivity contribution in [2.24, 2.45) is 9.98 Å². The van der Waals surface area contributed by atoms with Gasteiger partial charge in [-0.1, -0.05) is 52.4 Å². The van der Waals surface area contributed by atoms with Gasteiger partial charge in [-0.25, -0.2) is 0 Å². The molecule has 0 aliphatic carbocycles. The van der Waals surface area contributed by atoms with Gasteiger partial charge in [0.1, 0.15) is 48.4 Å². The Hall–Kier alpha value is -3.88. The van der Waals surface area contributed by atoms with E-state index in [1.807, 2.05) is 73.1 Å². The molecular weight excluding hydrogens is 580 g/mol. The highest BCUT2D eigenvalue weighted by Crippen LogP contribution is 2.30. The van der Waals surface area contributed by atoms with Crippen molar-refractivity contribution in [3.05, 3.63) is 71.8 Å². The molecule has 8 nitrogen and oxygen atoms in total. The predicted octanol–water partition coefficient (Wildman–Crippen LogP) is 8.66. The third-order valence-electron chi connectivity index (χ3n) is 7.71. The Morgan fingerprint density at radius 2 is 1.00 bits per heavy atom. The monoisotopic (exact) mass is 628 g/mol. The van der Waals surface area contributed by atoms with Gasteiger partial charge in [-0.05, 0) is 73.5 Å². The molecule has 2 atom stereocenters. The lowest BCUT2D eigenvalue weighted by atomic mass is 10.1. The summed E-state index contributed by atoms with van der Waals surface area (Å²) in [5, 5.41) is 0. The molecule has 246 valence electrons. The molecule has 46 heavy (non-hydrogen) atoms. The van der Waals surface area contributed by atoms with Gasteiger partial charge in [0, 0.05) is 23.6 Å². The van der Waals surface area contributed by atoms with Crippen LogP contribution in [0, 0.1) is 0 Å². The topological polar surface area (TPSA) is 86.7 Å². The zero-order chi connectivity index (χ0) is 31.8. The first-order valence-electron chi connectivity index (χ1n) is 16.9. The number of unbranched alkanes of at least 4 members (excludes halogenated alkanes) is 6. The predicted molar refractivity (Wildman–Crippen MR) is 184 cm³/mol. The standard InChI is InChI=1S/C38H48N2O6/c1-3-5-7-9-19-41-37-21-30(24-40-32-13-17-34(18-14-32)44-26-36-28-46-36)38(42-20-10-8-6-4-2)22-29(37)23-39-31-11-15-33(16-12-31)43-25-35-27-45-35/h11-18,21-24,35-36H,3-10,19-20,25-28H2,1-2H3. The molecule has 2 aliphatic rings. The van der Waals surface area contributed by atoms with E-state index in [4.69, 9.17) is 38.4 Å². The first-order chi connectivity index (χ1) is 22.7. The third kappa shape index (κ3) is 11.8. The Kier molecular flexibility index (Phi) is 13.3. The lowest BCUT2D eigenvalue weighted by Crippen LogP contribution is -2.05. The Morgan fingerprint density at radius 1 is 0.587 bits per heavy atom. The molecule has 2 heterocycles. The first kappa shape index (κ1) is 33.5. The first-order valence-corrected chi connectivity index (χ1v) is 16.9. The number of hydrogen-bond donors (Lipinski definition) is 0. The number of aliphatic imine (C=N–C) groups is 2. The molecule has 2 aliphatic heterocycles. The summed E-state index contributed by atoms with van der Waals surface area (Å²) in [6.45, 7) is 8.41. The Labute approximate surface area is 273 Å². The summed E-state index contributed by atoms with van der Waals surface area (Å²) in [4.78, 5) is 9.55. The fraction of sp³-hybridized carbons (Fsp3) is 0.474. The second kappa shape index (κ2) is 18.3. The molecule has 0 radical (unpaired) electrons. The maximum Gasteiger partial charge on any atom is 0.128 e. The average Bonchev–Trinajstić information content (AvgIpc) is 4.02. The van der Waals surface area contributed by atoms with Gasteiger partial charge in [-0.3, -0.25) is 9.98 Å². The molecule has 0 spiro atoms. The number of hydrogen-bond acceptors (Lipinski definition) is 8. The van der Waals surface area contributed by atoms with E-state index in [0.29, 0.717) is 26.4 Å². The van der Waals surface area contributed by atoms with Gasteiger partial charge in [0.05, 0.1) is 37.8 Å². The van der Waals surface area contributed by atoms with E-state index in [9.17, 15) is 0 Å². The third-order valence-corrected chi connectivity index (χ3v) is 7.71. The molecule has 0 aromatic heterocycles. The molecule has 2 unspecified atom stereocenters. The van der Waals surface area contributed by atoms with E-state index in [0.717, 1.165) is 84.4 Å². The van der Waals surface area contributed by atoms with Crippen molar-refractivity contribution in [3.63, 3.8) is 0 Å². The number of benzene rings is 3. The molecule has 3 aromatic carbocycles. The Bertz CT molecular complexity index is 1270. The van der Waals surface area contributed by atoms with Gasteiger partial charge in [-0.2, -0.15) is 0 Å². The minimum absolute atomic E-state index is 0.224. The van der Waals surface area contributed by atoms with E-state index < -0.39 is 0 Å². The number of nitrogens with zero attached hydrogens (tertiary/aromatic N) is 2. The molecule has 0 amide bonds. The van der Waals surface area contributed by atoms with Crippen molar-refractivity contribution in [2.75, 3.05) is 39.6 Å². The van der Waals surface area contributed by atoms with Crippen molar-refractivity contribution < 1.29 is 28.4 Å². The Balaban J connectivity index is 1.34. The van der Waals surface area contributed by atoms with Crippen LogP contribution in [0.2, 0.25) is 0 Å². The second-order valence-corrected chi connectivity index (χ2v) is 11.8. The molecule has 2 saturated heterocycles. The highest BCUT2D eigenvalue weighted by atomic mass is 16.6. The van der Waals surface area contributed by atoms with Crippen molar-refractivity contribution in [1.29, 1.82) is 0 Å². The normalized spacial score (nSPS) is 17.0. The number of rotatable bonds is 22. The fourth-order valence-electron chi connectivity index (χ4n) is 4.72. The van der Waals surface area contributed by atoms with Crippen molar-refractivity contribution in [3.8, 4) is 23.0 Å². The largest absolute Gasteiger partial charge is 0.493 e. The minimum atomic E-state index is 0.224. The lowest BCUT2D eigenvalue weighted by Gasteiger charge is -2.15. The summed E-state index contributed by atoms with van der Waals surface area (Å²) in [5.41, 5.74) is 3.38. The SMILES string of the molecule is CCCCCCOc1cc(C=Nc2ccc(OCC3CO3)cc2)c(OCCCCCC)cc1C=Nc1ccc(OCC2CO2)cc1. The fourth-order valence-corrected chi connectivity index (χ4v) is 4.72. The number of ether oxygens (including phenoxy) is 6. The molecule has 0 N–H and O–H groups in total. The highest BCUT2D eigenvalue weighted by molar-refractivity contribution is 5.92. The van der Waals surface area contributed by atoms with Gasteiger partial charge in [0.2, 0.25) is 0 Å². The highest BCUT2D eigenvalue weighted by Gasteiger charge is 2.23. The van der Waals surface area contributed by atoms with Crippen molar-refractivity contribution in [2.45, 2.75) is 77.4 Å². The van der Waals surface area contributed by atoms with Gasteiger partial charge in [-0.15, -0.1) is 0 Å². The average molecular weight is 629 g/mol. The van der Waals surface area contributed by atoms with E-state index in [-0.39, 0.29) is 12.2 Å². The maximum atomic E-state index is 6.36. The minimum Gasteiger partial charge on any atom is -0.493 e. The smallest absolute Gasteiger partial charge is 0.128 e. The zero-order valence-electron chi connectivity index (χ0n) is 27.3. The van der Waals surface area contributed by atoms with Gasteiger partial charge >= 0.3 is 0 Å². The van der Waals surface area contributed by atoms with Crippen LogP contribution in [0.25, 0.3) is 0 Å². The summed E-state index contributed by atoms with van der Waals surface area (Å²) in [5.74, 6) is 3.14. The van der Waals surface area contributed by atoms with Crippen LogP contribution >= 0.6 is 0 Å². The quantitative estimate of drug-likeness (QED) is 0.0629. The van der Waals surface area contributed by atoms with Crippen LogP contribution in [0.3, 0.4) is 0 Å². The summed E-state index contributed by atoms with van der Waals surface area (Å²) < 4.78 is 34.7. The summed E-state index contributed by atoms with van der Waals surface area (Å²) in [6, 6.07) is 19.6. The van der Waals surface area contributed by atoms with Crippen molar-refractivity contribution in [1.82, 2.24) is 0 Å². The molecule has 5 rings (SSSR count). The summed E-state index contributed by atoms with van der Waals surface area (Å²) >= 11 is 0. The van der Waals surface area contributed by atoms with Crippen LogP contribution in [-0.4, -0.2) is 64.3 Å². The second-order valence-electron chi connectivity index (χ2n) is 11.8. The van der Waals surface area contributed by atoms with E-state index in [1.54, 1.807) is 0 Å². The maximum absolute atomic E-state index is 6.36. The van der Waals surface area contributed by atoms with E-state index in [2.05, 4.69) is 13.8 Å². The zero-order valence-corrected chi connectivity index (χ0v) is 27.3. The molecule has 0 bridgehead atoms. The van der Waals surface area contributed by atoms with E-state index >= 15 is 0 Å². The summed E-state index contributed by atoms with van der Waals surface area (Å²) in [6.07, 6.45) is 13.2. The molecule has 3 aromatic rings. The van der Waals surface area contributed by atoms with Crippen LogP contribution in [0.4, 0.5) is 11.4 Å². The van der Waals surface area contributed by atoms with Crippen LogP contribution in [0.15, 0.2) is 70.6 Å². The Morgan fingerprint density at radius 3 is 1.37 bits per heavy atom. The van der Waals surface area contributed by atoms with Crippen LogP contribution in [0.5, 0.6) is 23.0 Å². The van der Waals surface area contributed by atoms with Crippen LogP contribution < -0.4 is 18.9 Å². The lowest BCUT2D eigenvalue weighted by molar-refractivity contribution is 0.263. The van der Waals surface area contributed by atoms with Gasteiger partial charge in [0.15, 0.2) is 0 Å². The summed E-state index contributed by atoms with van der Waals surface area (Å²) in [7, 11) is 0. The molecular formula is C38H48N2O6. The van der Waals surface area contributed by atoms with Crippen LogP contribution in [-0.2, 0) is 9.47 Å². The number of epoxide rings is 2. The van der Waals surface area contributed by atoms with Crippen molar-refractivity contribution >= 4 is 23.8 Å². The molecule has 8 heteroatoms.